The summed E-state index contributed by atoms with van der Waals surface area (Å²) in [7, 11) is 0. The highest BCUT2D eigenvalue weighted by atomic mass is 127. The van der Waals surface area contributed by atoms with E-state index in [0.29, 0.717) is 6.04 Å². The summed E-state index contributed by atoms with van der Waals surface area (Å²) in [6.07, 6.45) is 12.3. The highest BCUT2D eigenvalue weighted by Gasteiger charge is 2.11. The largest absolute Gasteiger partial charge is 0.357 e. The van der Waals surface area contributed by atoms with Gasteiger partial charge in [-0.1, -0.05) is 12.2 Å². The minimum Gasteiger partial charge on any atom is -0.357 e. The van der Waals surface area contributed by atoms with Gasteiger partial charge in [-0.15, -0.1) is 34.2 Å². The Bertz CT molecular complexity index is 421. The normalized spacial score (nSPS) is 15.0. The number of hydrogen-bond acceptors (Lipinski definition) is 3. The van der Waals surface area contributed by atoms with Crippen LogP contribution >= 0.6 is 24.0 Å². The van der Waals surface area contributed by atoms with Crippen molar-refractivity contribution in [2.45, 2.75) is 45.2 Å². The number of rotatable bonds is 7. The summed E-state index contributed by atoms with van der Waals surface area (Å²) < 4.78 is 2.00. The topological polar surface area (TPSA) is 67.1 Å². The molecule has 0 aromatic carbocycles. The molecule has 0 saturated carbocycles. The van der Waals surface area contributed by atoms with Crippen molar-refractivity contribution in [2.75, 3.05) is 13.1 Å². The molecular weight excluding hydrogens is 379 g/mol. The van der Waals surface area contributed by atoms with Gasteiger partial charge in [-0.05, 0) is 32.6 Å². The van der Waals surface area contributed by atoms with E-state index in [1.165, 1.54) is 0 Å². The van der Waals surface area contributed by atoms with Crippen molar-refractivity contribution in [3.63, 3.8) is 0 Å². The molecule has 0 fully saturated rings. The number of nitrogens with zero attached hydrogens (tertiary/aromatic N) is 4. The van der Waals surface area contributed by atoms with Gasteiger partial charge in [0, 0.05) is 25.7 Å². The second-order valence-corrected chi connectivity index (χ2v) is 4.95. The molecule has 1 aromatic rings. The molecule has 0 atom stereocenters. The molecule has 6 nitrogen and oxygen atoms in total. The van der Waals surface area contributed by atoms with Crippen molar-refractivity contribution in [1.82, 2.24) is 25.4 Å². The molecule has 2 rings (SSSR count). The smallest absolute Gasteiger partial charge is 0.191 e. The SMILES string of the molecule is CCNC(=NCCCCn1cnnc1)NC1CC=CC1.I. The van der Waals surface area contributed by atoms with Crippen molar-refractivity contribution in [3.8, 4) is 0 Å². The molecule has 1 aliphatic carbocycles. The first-order valence-corrected chi connectivity index (χ1v) is 7.40. The highest BCUT2D eigenvalue weighted by Crippen LogP contribution is 2.08. The van der Waals surface area contributed by atoms with E-state index in [2.05, 4.69) is 44.9 Å². The summed E-state index contributed by atoms with van der Waals surface area (Å²) in [5.41, 5.74) is 0. The van der Waals surface area contributed by atoms with Crippen LogP contribution in [-0.2, 0) is 6.54 Å². The Morgan fingerprint density at radius 3 is 2.62 bits per heavy atom. The fourth-order valence-electron chi connectivity index (χ4n) is 2.18. The molecule has 0 amide bonds. The third kappa shape index (κ3) is 6.92. The van der Waals surface area contributed by atoms with E-state index in [1.807, 2.05) is 4.57 Å². The molecule has 1 heterocycles. The van der Waals surface area contributed by atoms with Crippen molar-refractivity contribution >= 4 is 29.9 Å². The summed E-state index contributed by atoms with van der Waals surface area (Å²) in [6.45, 7) is 4.79. The van der Waals surface area contributed by atoms with Crippen molar-refractivity contribution < 1.29 is 0 Å². The lowest BCUT2D eigenvalue weighted by Crippen LogP contribution is -2.42. The van der Waals surface area contributed by atoms with Crippen molar-refractivity contribution in [3.05, 3.63) is 24.8 Å². The first-order valence-electron chi connectivity index (χ1n) is 7.40. The zero-order valence-corrected chi connectivity index (χ0v) is 14.9. The Kier molecular flexibility index (Phi) is 9.04. The number of halogens is 1. The number of unbranched alkanes of at least 4 members (excludes halogenated alkanes) is 1. The van der Waals surface area contributed by atoms with Crippen LogP contribution in [0.2, 0.25) is 0 Å². The molecule has 2 N–H and O–H groups in total. The summed E-state index contributed by atoms with van der Waals surface area (Å²) in [5.74, 6) is 0.936. The van der Waals surface area contributed by atoms with Crippen molar-refractivity contribution in [1.29, 1.82) is 0 Å². The van der Waals surface area contributed by atoms with Crippen LogP contribution in [0, 0.1) is 0 Å². The molecule has 21 heavy (non-hydrogen) atoms. The third-order valence-corrected chi connectivity index (χ3v) is 3.25. The van der Waals surface area contributed by atoms with Gasteiger partial charge in [0.1, 0.15) is 12.7 Å². The molecule has 7 heteroatoms. The van der Waals surface area contributed by atoms with E-state index in [9.17, 15) is 0 Å². The van der Waals surface area contributed by atoms with Crippen LogP contribution in [0.5, 0.6) is 0 Å². The quantitative estimate of drug-likeness (QED) is 0.240. The minimum atomic E-state index is 0. The number of aliphatic imine (C=N–C) groups is 1. The van der Waals surface area contributed by atoms with E-state index in [0.717, 1.165) is 51.3 Å². The molecule has 1 aliphatic rings. The summed E-state index contributed by atoms with van der Waals surface area (Å²) in [4.78, 5) is 4.62. The van der Waals surface area contributed by atoms with Crippen LogP contribution < -0.4 is 10.6 Å². The van der Waals surface area contributed by atoms with Crippen molar-refractivity contribution in [2.24, 2.45) is 4.99 Å². The molecule has 118 valence electrons. The van der Waals surface area contributed by atoms with Gasteiger partial charge in [-0.25, -0.2) is 0 Å². The van der Waals surface area contributed by atoms with Crippen LogP contribution in [0.4, 0.5) is 0 Å². The minimum absolute atomic E-state index is 0. The van der Waals surface area contributed by atoms with Gasteiger partial charge < -0.3 is 15.2 Å². The van der Waals surface area contributed by atoms with Gasteiger partial charge >= 0.3 is 0 Å². The molecule has 0 unspecified atom stereocenters. The summed E-state index contributed by atoms with van der Waals surface area (Å²) >= 11 is 0. The number of nitrogens with one attached hydrogen (secondary N) is 2. The summed E-state index contributed by atoms with van der Waals surface area (Å²) in [6, 6.07) is 0.504. The number of aryl methyl sites for hydroxylation is 1. The number of guanidine groups is 1. The zero-order chi connectivity index (χ0) is 14.0. The molecule has 0 bridgehead atoms. The monoisotopic (exact) mass is 404 g/mol. The average molecular weight is 404 g/mol. The fraction of sp³-hybridized carbons (Fsp3) is 0.643. The van der Waals surface area contributed by atoms with Gasteiger partial charge in [0.15, 0.2) is 5.96 Å². The lowest BCUT2D eigenvalue weighted by Gasteiger charge is -2.16. The fourth-order valence-corrected chi connectivity index (χ4v) is 2.18. The van der Waals surface area contributed by atoms with E-state index in [4.69, 9.17) is 0 Å². The lowest BCUT2D eigenvalue weighted by atomic mass is 10.2. The van der Waals surface area contributed by atoms with E-state index in [1.54, 1.807) is 12.7 Å². The zero-order valence-electron chi connectivity index (χ0n) is 12.5. The Morgan fingerprint density at radius 2 is 1.95 bits per heavy atom. The van der Waals surface area contributed by atoms with Crippen LogP contribution in [-0.4, -0.2) is 39.9 Å². The van der Waals surface area contributed by atoms with Gasteiger partial charge in [0.05, 0.1) is 0 Å². The number of aromatic nitrogens is 3. The lowest BCUT2D eigenvalue weighted by molar-refractivity contribution is 0.605. The van der Waals surface area contributed by atoms with Crippen LogP contribution in [0.25, 0.3) is 0 Å². The third-order valence-electron chi connectivity index (χ3n) is 3.25. The van der Waals surface area contributed by atoms with Gasteiger partial charge in [-0.3, -0.25) is 4.99 Å². The Hall–Kier alpha value is -1.12. The molecular formula is C14H25IN6. The first kappa shape index (κ1) is 17.9. The Labute approximate surface area is 143 Å². The van der Waals surface area contributed by atoms with Gasteiger partial charge in [0.2, 0.25) is 0 Å². The molecule has 0 aliphatic heterocycles. The van der Waals surface area contributed by atoms with E-state index in [-0.39, 0.29) is 24.0 Å². The van der Waals surface area contributed by atoms with Crippen LogP contribution in [0.15, 0.2) is 29.8 Å². The Morgan fingerprint density at radius 1 is 1.24 bits per heavy atom. The molecule has 0 radical (unpaired) electrons. The maximum absolute atomic E-state index is 4.62. The second-order valence-electron chi connectivity index (χ2n) is 4.95. The van der Waals surface area contributed by atoms with E-state index < -0.39 is 0 Å². The highest BCUT2D eigenvalue weighted by molar-refractivity contribution is 14.0. The first-order chi connectivity index (χ1) is 9.88. The molecule has 1 aromatic heterocycles. The Balaban J connectivity index is 0.00000220. The second kappa shape index (κ2) is 10.6. The number of hydrogen-bond donors (Lipinski definition) is 2. The molecule has 0 saturated heterocycles. The maximum Gasteiger partial charge on any atom is 0.191 e. The van der Waals surface area contributed by atoms with Crippen LogP contribution in [0.1, 0.15) is 32.6 Å². The average Bonchev–Trinajstić information content (AvgIpc) is 3.11. The summed E-state index contributed by atoms with van der Waals surface area (Å²) in [5, 5.41) is 14.4. The van der Waals surface area contributed by atoms with E-state index >= 15 is 0 Å². The van der Waals surface area contributed by atoms with Crippen LogP contribution in [0.3, 0.4) is 0 Å². The standard InChI is InChI=1S/C14H24N6.HI/c1-2-15-14(19-13-7-3-4-8-13)16-9-5-6-10-20-11-17-18-12-20;/h3-4,11-13H,2,5-10H2,1H3,(H2,15,16,19);1H. The maximum atomic E-state index is 4.62. The van der Waals surface area contributed by atoms with Gasteiger partial charge in [-0.2, -0.15) is 0 Å². The predicted molar refractivity (Wildman–Crippen MR) is 95.9 cm³/mol. The van der Waals surface area contributed by atoms with Gasteiger partial charge in [0.25, 0.3) is 0 Å². The predicted octanol–water partition coefficient (Wildman–Crippen LogP) is 1.95. The molecule has 0 spiro atoms.